The first-order valence-electron chi connectivity index (χ1n) is 9.37. The van der Waals surface area contributed by atoms with Crippen molar-refractivity contribution in [3.63, 3.8) is 0 Å². The Hall–Kier alpha value is -2.92. The summed E-state index contributed by atoms with van der Waals surface area (Å²) >= 11 is 0. The van der Waals surface area contributed by atoms with E-state index in [1.165, 1.54) is 7.11 Å². The molecule has 0 radical (unpaired) electrons. The minimum absolute atomic E-state index is 0.193. The molecule has 3 rings (SSSR count). The summed E-state index contributed by atoms with van der Waals surface area (Å²) in [6.07, 6.45) is 3.09. The third-order valence-corrected chi connectivity index (χ3v) is 4.86. The number of aryl methyl sites for hydroxylation is 2. The number of carbonyl (C=O) groups excluding carboxylic acids is 1. The lowest BCUT2D eigenvalue weighted by Crippen LogP contribution is -2.28. The number of carbonyl (C=O) groups is 1. The average Bonchev–Trinajstić information content (AvgIpc) is 3.07. The van der Waals surface area contributed by atoms with Crippen LogP contribution in [0.3, 0.4) is 0 Å². The van der Waals surface area contributed by atoms with Gasteiger partial charge in [0.15, 0.2) is 0 Å². The first-order valence-corrected chi connectivity index (χ1v) is 9.37. The Bertz CT molecular complexity index is 949. The van der Waals surface area contributed by atoms with Crippen molar-refractivity contribution in [3.8, 4) is 22.6 Å². The molecule has 3 aromatic rings. The highest BCUT2D eigenvalue weighted by atomic mass is 16.5. The molecule has 5 nitrogen and oxygen atoms in total. The number of hydrogen-bond acceptors (Lipinski definition) is 4. The van der Waals surface area contributed by atoms with Crippen LogP contribution >= 0.6 is 0 Å². The fourth-order valence-electron chi connectivity index (χ4n) is 3.11. The Morgan fingerprint density at radius 2 is 1.68 bits per heavy atom. The lowest BCUT2D eigenvalue weighted by Gasteiger charge is -2.19. The highest BCUT2D eigenvalue weighted by Gasteiger charge is 2.15. The van der Waals surface area contributed by atoms with Gasteiger partial charge in [-0.3, -0.25) is 4.79 Å². The second-order valence-electron chi connectivity index (χ2n) is 7.63. The van der Waals surface area contributed by atoms with Crippen LogP contribution in [0.1, 0.15) is 31.4 Å². The first-order chi connectivity index (χ1) is 13.3. The van der Waals surface area contributed by atoms with E-state index >= 15 is 0 Å². The quantitative estimate of drug-likeness (QED) is 0.658. The maximum Gasteiger partial charge on any atom is 0.305 e. The standard InChI is InChI=1S/C23H27N3O2/c1-23(2,24)19-12-10-17(11-13-19)20-15-26(3)22(25-20)18-8-5-16(6-9-18)7-14-21(27)28-4/h5-6,8-13,15H,7,14,24H2,1-4H3. The molecule has 0 saturated heterocycles. The zero-order chi connectivity index (χ0) is 20.3. The van der Waals surface area contributed by atoms with E-state index in [-0.39, 0.29) is 11.5 Å². The van der Waals surface area contributed by atoms with E-state index in [1.807, 2.05) is 55.9 Å². The molecule has 0 fully saturated rings. The predicted octanol–water partition coefficient (Wildman–Crippen LogP) is 4.05. The van der Waals surface area contributed by atoms with Gasteiger partial charge in [-0.05, 0) is 31.4 Å². The summed E-state index contributed by atoms with van der Waals surface area (Å²) in [6, 6.07) is 16.4. The normalized spacial score (nSPS) is 11.5. The molecule has 5 heteroatoms. The van der Waals surface area contributed by atoms with Crippen LogP contribution < -0.4 is 5.73 Å². The van der Waals surface area contributed by atoms with E-state index in [4.69, 9.17) is 15.5 Å². The van der Waals surface area contributed by atoms with Gasteiger partial charge in [-0.25, -0.2) is 4.98 Å². The van der Waals surface area contributed by atoms with Gasteiger partial charge in [0.25, 0.3) is 0 Å². The minimum atomic E-state index is -0.358. The van der Waals surface area contributed by atoms with Crippen molar-refractivity contribution in [2.45, 2.75) is 32.2 Å². The highest BCUT2D eigenvalue weighted by molar-refractivity contribution is 5.69. The van der Waals surface area contributed by atoms with Gasteiger partial charge >= 0.3 is 5.97 Å². The van der Waals surface area contributed by atoms with Gasteiger partial charge in [0.05, 0.1) is 12.8 Å². The third kappa shape index (κ3) is 4.49. The number of nitrogens with zero attached hydrogens (tertiary/aromatic N) is 2. The van der Waals surface area contributed by atoms with Crippen LogP contribution in [0.5, 0.6) is 0 Å². The topological polar surface area (TPSA) is 70.1 Å². The first kappa shape index (κ1) is 19.8. The molecule has 1 aromatic heterocycles. The van der Waals surface area contributed by atoms with E-state index in [1.54, 1.807) is 0 Å². The van der Waals surface area contributed by atoms with E-state index in [9.17, 15) is 4.79 Å². The van der Waals surface area contributed by atoms with Crippen molar-refractivity contribution < 1.29 is 9.53 Å². The van der Waals surface area contributed by atoms with Crippen molar-refractivity contribution in [3.05, 3.63) is 65.9 Å². The Morgan fingerprint density at radius 1 is 1.07 bits per heavy atom. The van der Waals surface area contributed by atoms with E-state index in [0.717, 1.165) is 33.8 Å². The summed E-state index contributed by atoms with van der Waals surface area (Å²) in [4.78, 5) is 16.1. The van der Waals surface area contributed by atoms with Gasteiger partial charge in [-0.2, -0.15) is 0 Å². The molecular weight excluding hydrogens is 350 g/mol. The Morgan fingerprint density at radius 3 is 2.25 bits per heavy atom. The fourth-order valence-corrected chi connectivity index (χ4v) is 3.11. The van der Waals surface area contributed by atoms with Gasteiger partial charge in [-0.1, -0.05) is 48.5 Å². The van der Waals surface area contributed by atoms with Crippen LogP contribution in [0.4, 0.5) is 0 Å². The molecule has 0 atom stereocenters. The monoisotopic (exact) mass is 377 g/mol. The largest absolute Gasteiger partial charge is 0.469 e. The van der Waals surface area contributed by atoms with Crippen LogP contribution in [0.15, 0.2) is 54.7 Å². The van der Waals surface area contributed by atoms with Crippen LogP contribution in [-0.2, 0) is 28.5 Å². The maximum absolute atomic E-state index is 11.3. The zero-order valence-electron chi connectivity index (χ0n) is 16.9. The number of methoxy groups -OCH3 is 1. The smallest absolute Gasteiger partial charge is 0.305 e. The van der Waals surface area contributed by atoms with E-state index < -0.39 is 0 Å². The molecule has 1 heterocycles. The second kappa shape index (κ2) is 7.98. The molecule has 0 spiro atoms. The predicted molar refractivity (Wildman–Crippen MR) is 112 cm³/mol. The lowest BCUT2D eigenvalue weighted by atomic mass is 9.94. The zero-order valence-corrected chi connectivity index (χ0v) is 16.9. The molecule has 0 aliphatic rings. The van der Waals surface area contributed by atoms with Crippen molar-refractivity contribution >= 4 is 5.97 Å². The van der Waals surface area contributed by atoms with Crippen LogP contribution in [0, 0.1) is 0 Å². The molecule has 0 aliphatic heterocycles. The molecule has 0 saturated carbocycles. The Balaban J connectivity index is 1.79. The minimum Gasteiger partial charge on any atom is -0.469 e. The summed E-state index contributed by atoms with van der Waals surface area (Å²) in [7, 11) is 3.41. The third-order valence-electron chi connectivity index (χ3n) is 4.86. The van der Waals surface area contributed by atoms with Gasteiger partial charge in [0.1, 0.15) is 5.82 Å². The second-order valence-corrected chi connectivity index (χ2v) is 7.63. The maximum atomic E-state index is 11.3. The highest BCUT2D eigenvalue weighted by Crippen LogP contribution is 2.26. The van der Waals surface area contributed by atoms with Crippen molar-refractivity contribution in [1.82, 2.24) is 9.55 Å². The van der Waals surface area contributed by atoms with Gasteiger partial charge in [0, 0.05) is 36.3 Å². The van der Waals surface area contributed by atoms with Gasteiger partial charge in [-0.15, -0.1) is 0 Å². The number of imidazole rings is 1. The number of nitrogens with two attached hydrogens (primary N) is 1. The lowest BCUT2D eigenvalue weighted by molar-refractivity contribution is -0.140. The summed E-state index contributed by atoms with van der Waals surface area (Å²) in [6.45, 7) is 3.99. The van der Waals surface area contributed by atoms with Crippen molar-refractivity contribution in [1.29, 1.82) is 0 Å². The molecule has 0 bridgehead atoms. The number of hydrogen-bond donors (Lipinski definition) is 1. The molecule has 2 N–H and O–H groups in total. The van der Waals surface area contributed by atoms with Crippen molar-refractivity contribution in [2.24, 2.45) is 12.8 Å². The van der Waals surface area contributed by atoms with Gasteiger partial charge < -0.3 is 15.0 Å². The molecule has 0 amide bonds. The Kier molecular flexibility index (Phi) is 5.66. The van der Waals surface area contributed by atoms with Crippen LogP contribution in [0.25, 0.3) is 22.6 Å². The van der Waals surface area contributed by atoms with Gasteiger partial charge in [0.2, 0.25) is 0 Å². The molecule has 0 aliphatic carbocycles. The van der Waals surface area contributed by atoms with E-state index in [0.29, 0.717) is 12.8 Å². The molecule has 28 heavy (non-hydrogen) atoms. The number of aromatic nitrogens is 2. The summed E-state index contributed by atoms with van der Waals surface area (Å²) < 4.78 is 6.72. The average molecular weight is 377 g/mol. The van der Waals surface area contributed by atoms with Crippen LogP contribution in [0.2, 0.25) is 0 Å². The molecular formula is C23H27N3O2. The van der Waals surface area contributed by atoms with E-state index in [2.05, 4.69) is 24.3 Å². The number of ether oxygens (including phenoxy) is 1. The summed E-state index contributed by atoms with van der Waals surface area (Å²) in [5, 5.41) is 0. The molecule has 0 unspecified atom stereocenters. The number of rotatable bonds is 6. The van der Waals surface area contributed by atoms with Crippen LogP contribution in [-0.4, -0.2) is 22.6 Å². The summed E-state index contributed by atoms with van der Waals surface area (Å²) in [5.74, 6) is 0.708. The number of esters is 1. The Labute approximate surface area is 166 Å². The molecule has 2 aromatic carbocycles. The molecule has 146 valence electrons. The van der Waals surface area contributed by atoms with Crippen molar-refractivity contribution in [2.75, 3.05) is 7.11 Å². The summed E-state index contributed by atoms with van der Waals surface area (Å²) in [5.41, 5.74) is 11.0. The SMILES string of the molecule is COC(=O)CCc1ccc(-c2nc(-c3ccc(C(C)(C)N)cc3)cn2C)cc1. The fraction of sp³-hybridized carbons (Fsp3) is 0.304. The number of benzene rings is 2.